The fraction of sp³-hybridized carbons (Fsp3) is 0. The van der Waals surface area contributed by atoms with Crippen LogP contribution in [-0.4, -0.2) is 15.0 Å². The number of hydrogen-bond donors (Lipinski definition) is 0. The van der Waals surface area contributed by atoms with Crippen molar-refractivity contribution < 1.29 is 4.42 Å². The first-order valence-corrected chi connectivity index (χ1v) is 7.28. The van der Waals surface area contributed by atoms with Gasteiger partial charge < -0.3 is 4.42 Å². The Morgan fingerprint density at radius 1 is 0.696 bits per heavy atom. The first kappa shape index (κ1) is 13.4. The molecule has 0 unspecified atom stereocenters. The first-order chi connectivity index (χ1) is 11.4. The predicted octanol–water partition coefficient (Wildman–Crippen LogP) is 4.47. The highest BCUT2D eigenvalue weighted by molar-refractivity contribution is 5.73. The van der Waals surface area contributed by atoms with E-state index in [4.69, 9.17) is 9.40 Å². The molecule has 0 aliphatic carbocycles. The van der Waals surface area contributed by atoms with Crippen LogP contribution in [0.3, 0.4) is 0 Å². The Bertz CT molecular complexity index is 846. The molecule has 0 aromatic carbocycles. The second-order valence-electron chi connectivity index (χ2n) is 5.05. The van der Waals surface area contributed by atoms with Gasteiger partial charge in [0.25, 0.3) is 0 Å². The zero-order valence-electron chi connectivity index (χ0n) is 12.3. The topological polar surface area (TPSA) is 51.8 Å². The van der Waals surface area contributed by atoms with Gasteiger partial charge in [0.1, 0.15) is 5.76 Å². The van der Waals surface area contributed by atoms with Crippen LogP contribution >= 0.6 is 0 Å². The summed E-state index contributed by atoms with van der Waals surface area (Å²) in [6.45, 7) is 0. The molecule has 0 bridgehead atoms. The second-order valence-corrected chi connectivity index (χ2v) is 5.05. The largest absolute Gasteiger partial charge is 0.464 e. The van der Waals surface area contributed by atoms with Crippen molar-refractivity contribution >= 4 is 0 Å². The number of furan rings is 1. The van der Waals surface area contributed by atoms with Gasteiger partial charge >= 0.3 is 0 Å². The lowest BCUT2D eigenvalue weighted by atomic mass is 10.1. The van der Waals surface area contributed by atoms with Crippen LogP contribution in [-0.2, 0) is 0 Å². The quantitative estimate of drug-likeness (QED) is 0.560. The summed E-state index contributed by atoms with van der Waals surface area (Å²) in [5, 5.41) is 0. The van der Waals surface area contributed by atoms with Crippen LogP contribution in [0.25, 0.3) is 34.0 Å². The van der Waals surface area contributed by atoms with E-state index in [-0.39, 0.29) is 0 Å². The van der Waals surface area contributed by atoms with E-state index < -0.39 is 0 Å². The molecule has 0 spiro atoms. The Morgan fingerprint density at radius 3 is 2.30 bits per heavy atom. The van der Waals surface area contributed by atoms with E-state index in [1.807, 2.05) is 54.6 Å². The minimum atomic E-state index is 0.805. The number of hydrogen-bond acceptors (Lipinski definition) is 4. The summed E-state index contributed by atoms with van der Waals surface area (Å²) in [5.74, 6) is 0.805. The van der Waals surface area contributed by atoms with E-state index in [1.54, 1.807) is 24.9 Å². The Balaban J connectivity index is 1.91. The molecule has 0 radical (unpaired) electrons. The summed E-state index contributed by atoms with van der Waals surface area (Å²) in [4.78, 5) is 13.2. The summed E-state index contributed by atoms with van der Waals surface area (Å²) in [7, 11) is 0. The van der Waals surface area contributed by atoms with Crippen LogP contribution in [0.4, 0.5) is 0 Å². The summed E-state index contributed by atoms with van der Waals surface area (Å²) in [5.41, 5.74) is 4.48. The number of aromatic nitrogens is 3. The van der Waals surface area contributed by atoms with Gasteiger partial charge in [0.2, 0.25) is 0 Å². The fourth-order valence-corrected chi connectivity index (χ4v) is 2.43. The molecular weight excluding hydrogens is 286 g/mol. The lowest BCUT2D eigenvalue weighted by Gasteiger charge is -2.08. The van der Waals surface area contributed by atoms with Crippen molar-refractivity contribution in [3.8, 4) is 34.0 Å². The minimum Gasteiger partial charge on any atom is -0.464 e. The maximum atomic E-state index is 5.54. The van der Waals surface area contributed by atoms with Gasteiger partial charge in [-0.15, -0.1) is 0 Å². The van der Waals surface area contributed by atoms with E-state index in [9.17, 15) is 0 Å². The number of rotatable bonds is 3. The lowest BCUT2D eigenvalue weighted by molar-refractivity contribution is 0.582. The van der Waals surface area contributed by atoms with E-state index >= 15 is 0 Å². The second kappa shape index (κ2) is 5.85. The third-order valence-corrected chi connectivity index (χ3v) is 3.53. The van der Waals surface area contributed by atoms with Crippen LogP contribution in [0.1, 0.15) is 0 Å². The average Bonchev–Trinajstić information content (AvgIpc) is 3.18. The highest BCUT2D eigenvalue weighted by Crippen LogP contribution is 2.29. The van der Waals surface area contributed by atoms with Gasteiger partial charge in [0.15, 0.2) is 0 Å². The van der Waals surface area contributed by atoms with Gasteiger partial charge in [0.05, 0.1) is 23.3 Å². The highest BCUT2D eigenvalue weighted by Gasteiger charge is 2.10. The summed E-state index contributed by atoms with van der Waals surface area (Å²) < 4.78 is 5.54. The molecule has 4 heterocycles. The van der Waals surface area contributed by atoms with Gasteiger partial charge in [-0.1, -0.05) is 6.07 Å². The Labute approximate surface area is 133 Å². The molecular formula is C19H13N3O. The highest BCUT2D eigenvalue weighted by atomic mass is 16.3. The molecule has 0 amide bonds. The Morgan fingerprint density at radius 2 is 1.57 bits per heavy atom. The molecule has 23 heavy (non-hydrogen) atoms. The molecule has 4 aromatic heterocycles. The monoisotopic (exact) mass is 299 g/mol. The number of pyridine rings is 3. The van der Waals surface area contributed by atoms with E-state index in [0.717, 1.165) is 34.0 Å². The molecule has 0 fully saturated rings. The normalized spacial score (nSPS) is 10.6. The molecule has 0 aliphatic rings. The SMILES string of the molecule is c1ccc(-c2cc(-c3ccco3)cc(-c3ccncc3)n2)nc1. The Kier molecular flexibility index (Phi) is 3.41. The van der Waals surface area contributed by atoms with Crippen molar-refractivity contribution in [2.75, 3.05) is 0 Å². The number of nitrogens with zero attached hydrogens (tertiary/aromatic N) is 3. The average molecular weight is 299 g/mol. The van der Waals surface area contributed by atoms with Crippen molar-refractivity contribution in [3.05, 3.63) is 79.5 Å². The van der Waals surface area contributed by atoms with E-state index in [1.165, 1.54) is 0 Å². The minimum absolute atomic E-state index is 0.805. The molecule has 4 heteroatoms. The molecule has 0 N–H and O–H groups in total. The zero-order valence-corrected chi connectivity index (χ0v) is 12.3. The maximum Gasteiger partial charge on any atom is 0.134 e. The molecule has 4 nitrogen and oxygen atoms in total. The molecule has 4 rings (SSSR count). The molecule has 0 saturated carbocycles. The van der Waals surface area contributed by atoms with Gasteiger partial charge in [-0.05, 0) is 48.5 Å². The zero-order chi connectivity index (χ0) is 15.5. The standard InChI is InChI=1S/C19H13N3O/c1-2-8-21-16(4-1)18-13-15(19-5-3-11-23-19)12-17(22-18)14-6-9-20-10-7-14/h1-13H. The van der Waals surface area contributed by atoms with Gasteiger partial charge in [-0.3, -0.25) is 9.97 Å². The summed E-state index contributed by atoms with van der Waals surface area (Å²) >= 11 is 0. The van der Waals surface area contributed by atoms with Crippen LogP contribution in [0.15, 0.2) is 83.9 Å². The van der Waals surface area contributed by atoms with Gasteiger partial charge in [-0.25, -0.2) is 4.98 Å². The first-order valence-electron chi connectivity index (χ1n) is 7.28. The summed E-state index contributed by atoms with van der Waals surface area (Å²) in [6.07, 6.45) is 6.96. The summed E-state index contributed by atoms with van der Waals surface area (Å²) in [6, 6.07) is 17.5. The van der Waals surface area contributed by atoms with Crippen molar-refractivity contribution in [1.82, 2.24) is 15.0 Å². The van der Waals surface area contributed by atoms with Crippen LogP contribution in [0.2, 0.25) is 0 Å². The van der Waals surface area contributed by atoms with E-state index in [2.05, 4.69) is 9.97 Å². The predicted molar refractivity (Wildman–Crippen MR) is 88.4 cm³/mol. The maximum absolute atomic E-state index is 5.54. The lowest BCUT2D eigenvalue weighted by Crippen LogP contribution is -1.92. The van der Waals surface area contributed by atoms with Crippen molar-refractivity contribution in [1.29, 1.82) is 0 Å². The smallest absolute Gasteiger partial charge is 0.134 e. The van der Waals surface area contributed by atoms with Crippen LogP contribution < -0.4 is 0 Å². The van der Waals surface area contributed by atoms with Crippen molar-refractivity contribution in [2.24, 2.45) is 0 Å². The molecule has 0 saturated heterocycles. The molecule has 0 atom stereocenters. The van der Waals surface area contributed by atoms with Gasteiger partial charge in [-0.2, -0.15) is 0 Å². The van der Waals surface area contributed by atoms with Crippen LogP contribution in [0.5, 0.6) is 0 Å². The molecule has 110 valence electrons. The fourth-order valence-electron chi connectivity index (χ4n) is 2.43. The van der Waals surface area contributed by atoms with Crippen molar-refractivity contribution in [3.63, 3.8) is 0 Å². The van der Waals surface area contributed by atoms with Crippen LogP contribution in [0, 0.1) is 0 Å². The Hall–Kier alpha value is -3.27. The van der Waals surface area contributed by atoms with E-state index in [0.29, 0.717) is 0 Å². The third-order valence-electron chi connectivity index (χ3n) is 3.53. The van der Waals surface area contributed by atoms with Crippen molar-refractivity contribution in [2.45, 2.75) is 0 Å². The molecule has 4 aromatic rings. The molecule has 0 aliphatic heterocycles. The van der Waals surface area contributed by atoms with Gasteiger partial charge in [0, 0.05) is 29.7 Å². The third kappa shape index (κ3) is 2.74.